The highest BCUT2D eigenvalue weighted by Crippen LogP contribution is 2.08. The molecule has 0 fully saturated rings. The molecule has 0 aliphatic carbocycles. The van der Waals surface area contributed by atoms with Gasteiger partial charge in [-0.15, -0.1) is 0 Å². The van der Waals surface area contributed by atoms with Gasteiger partial charge >= 0.3 is 0 Å². The van der Waals surface area contributed by atoms with Crippen LogP contribution in [0.15, 0.2) is 24.4 Å². The van der Waals surface area contributed by atoms with Crippen LogP contribution in [0.3, 0.4) is 0 Å². The van der Waals surface area contributed by atoms with Crippen molar-refractivity contribution in [1.82, 2.24) is 5.12 Å². The van der Waals surface area contributed by atoms with Gasteiger partial charge in [0, 0.05) is 6.20 Å². The van der Waals surface area contributed by atoms with Crippen molar-refractivity contribution in [2.45, 2.75) is 13.0 Å². The third-order valence-corrected chi connectivity index (χ3v) is 1.32. The Kier molecular flexibility index (Phi) is 1.85. The van der Waals surface area contributed by atoms with Gasteiger partial charge in [-0.05, 0) is 13.0 Å². The quantitative estimate of drug-likeness (QED) is 0.511. The summed E-state index contributed by atoms with van der Waals surface area (Å²) in [5, 5.41) is 0.391. The number of ketones is 1. The van der Waals surface area contributed by atoms with Gasteiger partial charge in [0.2, 0.25) is 0 Å². The summed E-state index contributed by atoms with van der Waals surface area (Å²) >= 11 is 0. The molecule has 1 heterocycles. The molecule has 0 radical (unpaired) electrons. The number of allylic oxidation sites excluding steroid dienone is 2. The molecule has 0 aromatic rings. The Bertz CT molecular complexity index is 198. The maximum absolute atomic E-state index is 12.6. The highest BCUT2D eigenvalue weighted by atomic mass is 19.2. The van der Waals surface area contributed by atoms with Crippen molar-refractivity contribution in [3.63, 3.8) is 0 Å². The maximum Gasteiger partial charge on any atom is 0.158 e. The molecule has 3 heteroatoms. The molecule has 0 aromatic heterocycles. The minimum absolute atomic E-state index is 0.192. The Morgan fingerprint density at radius 1 is 1.60 bits per heavy atom. The molecule has 54 valence electrons. The van der Waals surface area contributed by atoms with Gasteiger partial charge in [0.05, 0.1) is 0 Å². The van der Waals surface area contributed by atoms with Crippen molar-refractivity contribution in [3.8, 4) is 0 Å². The van der Waals surface area contributed by atoms with Gasteiger partial charge < -0.3 is 0 Å². The molecule has 0 bridgehead atoms. The predicted octanol–water partition coefficient (Wildman–Crippen LogP) is 1.21. The number of carbonyl (C=O) groups excluding carboxylic acids is 1. The van der Waals surface area contributed by atoms with E-state index < -0.39 is 6.04 Å². The zero-order valence-corrected chi connectivity index (χ0v) is 5.62. The molecular weight excluding hydrogens is 133 g/mol. The summed E-state index contributed by atoms with van der Waals surface area (Å²) in [6.07, 6.45) is 5.94. The Morgan fingerprint density at radius 2 is 2.30 bits per heavy atom. The predicted molar refractivity (Wildman–Crippen MR) is 35.7 cm³/mol. The normalized spacial score (nSPS) is 23.4. The minimum atomic E-state index is -0.718. The molecule has 1 unspecified atom stereocenters. The highest BCUT2D eigenvalue weighted by molar-refractivity contribution is 5.83. The molecule has 0 aromatic carbocycles. The first-order valence-electron chi connectivity index (χ1n) is 3.01. The second-order valence-electron chi connectivity index (χ2n) is 2.13. The molecule has 0 N–H and O–H groups in total. The van der Waals surface area contributed by atoms with E-state index in [-0.39, 0.29) is 5.78 Å². The van der Waals surface area contributed by atoms with Crippen LogP contribution in [-0.2, 0) is 4.79 Å². The summed E-state index contributed by atoms with van der Waals surface area (Å²) in [7, 11) is 0. The lowest BCUT2D eigenvalue weighted by atomic mass is 10.1. The van der Waals surface area contributed by atoms with E-state index in [2.05, 4.69) is 0 Å². The maximum atomic E-state index is 12.6. The van der Waals surface area contributed by atoms with Gasteiger partial charge in [0.25, 0.3) is 0 Å². The van der Waals surface area contributed by atoms with Crippen LogP contribution in [0, 0.1) is 0 Å². The second-order valence-corrected chi connectivity index (χ2v) is 2.13. The van der Waals surface area contributed by atoms with Gasteiger partial charge in [-0.3, -0.25) is 4.79 Å². The topological polar surface area (TPSA) is 20.3 Å². The van der Waals surface area contributed by atoms with Crippen molar-refractivity contribution < 1.29 is 9.28 Å². The van der Waals surface area contributed by atoms with Crippen LogP contribution in [-0.4, -0.2) is 16.9 Å². The summed E-state index contributed by atoms with van der Waals surface area (Å²) < 4.78 is 12.6. The Balaban J connectivity index is 2.70. The van der Waals surface area contributed by atoms with Crippen LogP contribution >= 0.6 is 0 Å². The largest absolute Gasteiger partial charge is 0.297 e. The van der Waals surface area contributed by atoms with E-state index in [9.17, 15) is 9.28 Å². The van der Waals surface area contributed by atoms with Crippen LogP contribution in [0.5, 0.6) is 0 Å². The lowest BCUT2D eigenvalue weighted by Gasteiger charge is -2.17. The molecule has 0 spiro atoms. The zero-order chi connectivity index (χ0) is 7.56. The summed E-state index contributed by atoms with van der Waals surface area (Å²) in [5.74, 6) is -0.192. The average Bonchev–Trinajstić information content (AvgIpc) is 1.88. The number of rotatable bonds is 1. The second kappa shape index (κ2) is 2.64. The molecule has 1 rings (SSSR count). The third kappa shape index (κ3) is 1.23. The van der Waals surface area contributed by atoms with Crippen LogP contribution in [0.25, 0.3) is 0 Å². The van der Waals surface area contributed by atoms with E-state index in [1.54, 1.807) is 12.2 Å². The van der Waals surface area contributed by atoms with Crippen molar-refractivity contribution in [3.05, 3.63) is 24.4 Å². The number of nitrogens with zero attached hydrogens (tertiary/aromatic N) is 1. The lowest BCUT2D eigenvalue weighted by Crippen LogP contribution is -2.29. The van der Waals surface area contributed by atoms with Crippen molar-refractivity contribution >= 4 is 5.78 Å². The number of hydrogen-bond acceptors (Lipinski definition) is 2. The van der Waals surface area contributed by atoms with Crippen LogP contribution < -0.4 is 0 Å². The Labute approximate surface area is 58.6 Å². The third-order valence-electron chi connectivity index (χ3n) is 1.32. The zero-order valence-electron chi connectivity index (χ0n) is 5.62. The first-order chi connectivity index (χ1) is 4.72. The monoisotopic (exact) mass is 141 g/mol. The van der Waals surface area contributed by atoms with Crippen molar-refractivity contribution in [1.29, 1.82) is 0 Å². The first-order valence-corrected chi connectivity index (χ1v) is 3.01. The standard InChI is InChI=1S/C7H8FNO/c1-6(10)7-4-2-3-5-9(7)8/h2-5,7H,1H3. The van der Waals surface area contributed by atoms with E-state index in [4.69, 9.17) is 0 Å². The van der Waals surface area contributed by atoms with E-state index in [0.29, 0.717) is 5.12 Å². The van der Waals surface area contributed by atoms with E-state index in [1.165, 1.54) is 19.2 Å². The number of carbonyl (C=O) groups is 1. The molecule has 1 atom stereocenters. The average molecular weight is 141 g/mol. The van der Waals surface area contributed by atoms with Gasteiger partial charge in [0.15, 0.2) is 5.78 Å². The summed E-state index contributed by atoms with van der Waals surface area (Å²) in [6.45, 7) is 1.36. The summed E-state index contributed by atoms with van der Waals surface area (Å²) in [5.41, 5.74) is 0. The van der Waals surface area contributed by atoms with Crippen LogP contribution in [0.2, 0.25) is 0 Å². The van der Waals surface area contributed by atoms with E-state index in [0.717, 1.165) is 0 Å². The van der Waals surface area contributed by atoms with Crippen molar-refractivity contribution in [2.75, 3.05) is 0 Å². The molecule has 2 nitrogen and oxygen atoms in total. The first kappa shape index (κ1) is 6.99. The molecule has 0 amide bonds. The molecule has 1 aliphatic rings. The summed E-state index contributed by atoms with van der Waals surface area (Å²) in [4.78, 5) is 10.6. The molecule has 0 saturated carbocycles. The fourth-order valence-corrected chi connectivity index (χ4v) is 0.785. The number of Topliss-reactive ketones (excluding diaryl/α,β-unsaturated/α-hetero) is 1. The Hall–Kier alpha value is -1.12. The van der Waals surface area contributed by atoms with E-state index >= 15 is 0 Å². The fourth-order valence-electron chi connectivity index (χ4n) is 0.785. The van der Waals surface area contributed by atoms with Gasteiger partial charge in [0.1, 0.15) is 6.04 Å². The van der Waals surface area contributed by atoms with Crippen LogP contribution in [0.1, 0.15) is 6.92 Å². The fraction of sp³-hybridized carbons (Fsp3) is 0.286. The summed E-state index contributed by atoms with van der Waals surface area (Å²) in [6, 6.07) is -0.718. The van der Waals surface area contributed by atoms with E-state index in [1.807, 2.05) is 0 Å². The van der Waals surface area contributed by atoms with Gasteiger partial charge in [-0.2, -0.15) is 0 Å². The van der Waals surface area contributed by atoms with Crippen molar-refractivity contribution in [2.24, 2.45) is 0 Å². The smallest absolute Gasteiger partial charge is 0.158 e. The van der Waals surface area contributed by atoms with Gasteiger partial charge in [-0.1, -0.05) is 16.6 Å². The molecule has 10 heavy (non-hydrogen) atoms. The molecule has 0 saturated heterocycles. The number of hydrogen-bond donors (Lipinski definition) is 0. The minimum Gasteiger partial charge on any atom is -0.297 e. The molecular formula is C7H8FNO. The van der Waals surface area contributed by atoms with Crippen LogP contribution in [0.4, 0.5) is 4.48 Å². The molecule has 1 aliphatic heterocycles. The van der Waals surface area contributed by atoms with Gasteiger partial charge in [-0.25, -0.2) is 5.12 Å². The Morgan fingerprint density at radius 3 is 2.70 bits per heavy atom. The lowest BCUT2D eigenvalue weighted by molar-refractivity contribution is -0.123. The number of halogens is 1. The highest BCUT2D eigenvalue weighted by Gasteiger charge is 2.17. The SMILES string of the molecule is CC(=O)C1C=CC=CN1F.